The average molecular weight is 361 g/mol. The van der Waals surface area contributed by atoms with Crippen LogP contribution < -0.4 is 16.2 Å². The molecule has 1 aliphatic rings. The lowest BCUT2D eigenvalue weighted by Gasteiger charge is -2.17. The summed E-state index contributed by atoms with van der Waals surface area (Å²) in [5.74, 6) is 0.819. The minimum atomic E-state index is -0.501. The Morgan fingerprint density at radius 3 is 2.59 bits per heavy atom. The Labute approximate surface area is 158 Å². The van der Waals surface area contributed by atoms with E-state index in [4.69, 9.17) is 21.2 Å². The number of hydrogen-bond acceptors (Lipinski definition) is 4. The van der Waals surface area contributed by atoms with E-state index in [2.05, 4.69) is 12.1 Å². The lowest BCUT2D eigenvalue weighted by Crippen LogP contribution is -2.20. The standard InChI is InChI=1S/C22H23N3O2/c23-12-18-20(10-14-6-7-14)25-19-9-8-16(27-13-21(24)26)11-17(19)22(18)15-4-2-1-3-5-15/h1-5,8-9,11,14H,6-7,10,12-13,23H2,(H2,24,26). The molecule has 5 nitrogen and oxygen atoms in total. The second-order valence-electron chi connectivity index (χ2n) is 7.06. The second kappa shape index (κ2) is 7.37. The first kappa shape index (κ1) is 17.5. The van der Waals surface area contributed by atoms with Gasteiger partial charge in [0.25, 0.3) is 5.91 Å². The Kier molecular flexibility index (Phi) is 4.77. The van der Waals surface area contributed by atoms with Crippen molar-refractivity contribution in [2.24, 2.45) is 17.4 Å². The highest BCUT2D eigenvalue weighted by Crippen LogP contribution is 2.38. The Bertz CT molecular complexity index is 982. The first-order valence-corrected chi connectivity index (χ1v) is 9.28. The van der Waals surface area contributed by atoms with Gasteiger partial charge in [0.05, 0.1) is 5.52 Å². The zero-order valence-corrected chi connectivity index (χ0v) is 15.2. The minimum absolute atomic E-state index is 0.150. The molecule has 0 radical (unpaired) electrons. The van der Waals surface area contributed by atoms with E-state index in [0.717, 1.165) is 45.6 Å². The van der Waals surface area contributed by atoms with Crippen LogP contribution in [-0.4, -0.2) is 17.5 Å². The molecule has 0 aliphatic heterocycles. The molecule has 0 atom stereocenters. The molecule has 138 valence electrons. The molecular weight excluding hydrogens is 338 g/mol. The van der Waals surface area contributed by atoms with Gasteiger partial charge >= 0.3 is 0 Å². The lowest BCUT2D eigenvalue weighted by atomic mass is 9.92. The van der Waals surface area contributed by atoms with Gasteiger partial charge in [0.15, 0.2) is 6.61 Å². The number of benzene rings is 2. The van der Waals surface area contributed by atoms with Gasteiger partial charge in [0, 0.05) is 17.6 Å². The van der Waals surface area contributed by atoms with E-state index in [-0.39, 0.29) is 6.61 Å². The number of nitrogens with zero attached hydrogens (tertiary/aromatic N) is 1. The molecule has 1 fully saturated rings. The number of carbonyl (C=O) groups is 1. The highest BCUT2D eigenvalue weighted by atomic mass is 16.5. The summed E-state index contributed by atoms with van der Waals surface area (Å²) in [4.78, 5) is 16.0. The smallest absolute Gasteiger partial charge is 0.255 e. The van der Waals surface area contributed by atoms with Gasteiger partial charge in [-0.25, -0.2) is 0 Å². The summed E-state index contributed by atoms with van der Waals surface area (Å²) < 4.78 is 5.51. The van der Waals surface area contributed by atoms with Crippen LogP contribution in [0.25, 0.3) is 22.0 Å². The first-order chi connectivity index (χ1) is 13.2. The zero-order valence-electron chi connectivity index (χ0n) is 15.2. The SMILES string of the molecule is NCc1c(CC2CC2)nc2ccc(OCC(N)=O)cc2c1-c1ccccc1. The van der Waals surface area contributed by atoms with Crippen molar-refractivity contribution in [3.8, 4) is 16.9 Å². The van der Waals surface area contributed by atoms with Gasteiger partial charge in [0.2, 0.25) is 0 Å². The molecule has 0 unspecified atom stereocenters. The predicted molar refractivity (Wildman–Crippen MR) is 106 cm³/mol. The molecular formula is C22H23N3O2. The molecule has 1 heterocycles. The van der Waals surface area contributed by atoms with Crippen LogP contribution in [0.3, 0.4) is 0 Å². The molecule has 1 aromatic heterocycles. The van der Waals surface area contributed by atoms with Crippen molar-refractivity contribution in [3.63, 3.8) is 0 Å². The number of primary amides is 1. The number of amides is 1. The summed E-state index contributed by atoms with van der Waals surface area (Å²) in [6, 6.07) is 15.9. The fourth-order valence-corrected chi connectivity index (χ4v) is 3.50. The average Bonchev–Trinajstić information content (AvgIpc) is 3.50. The van der Waals surface area contributed by atoms with Gasteiger partial charge in [-0.2, -0.15) is 0 Å². The van der Waals surface area contributed by atoms with Gasteiger partial charge in [-0.05, 0) is 60.1 Å². The number of hydrogen-bond donors (Lipinski definition) is 2. The Balaban J connectivity index is 1.90. The van der Waals surface area contributed by atoms with Gasteiger partial charge in [-0.1, -0.05) is 30.3 Å². The molecule has 3 aromatic rings. The third-order valence-electron chi connectivity index (χ3n) is 4.97. The van der Waals surface area contributed by atoms with Gasteiger partial charge in [-0.15, -0.1) is 0 Å². The predicted octanol–water partition coefficient (Wildman–Crippen LogP) is 3.18. The van der Waals surface area contributed by atoms with E-state index in [1.54, 1.807) is 0 Å². The minimum Gasteiger partial charge on any atom is -0.484 e. The molecule has 0 saturated heterocycles. The van der Waals surface area contributed by atoms with Crippen LogP contribution in [0.5, 0.6) is 5.75 Å². The van der Waals surface area contributed by atoms with Crippen molar-refractivity contribution in [3.05, 3.63) is 59.8 Å². The maximum Gasteiger partial charge on any atom is 0.255 e. The highest BCUT2D eigenvalue weighted by molar-refractivity contribution is 5.97. The molecule has 5 heteroatoms. The number of aromatic nitrogens is 1. The first-order valence-electron chi connectivity index (χ1n) is 9.28. The van der Waals surface area contributed by atoms with Crippen molar-refractivity contribution in [2.75, 3.05) is 6.61 Å². The van der Waals surface area contributed by atoms with Gasteiger partial charge in [-0.3, -0.25) is 9.78 Å². The molecule has 0 spiro atoms. The van der Waals surface area contributed by atoms with E-state index in [0.29, 0.717) is 12.3 Å². The molecule has 1 saturated carbocycles. The zero-order chi connectivity index (χ0) is 18.8. The van der Waals surface area contributed by atoms with E-state index in [1.165, 1.54) is 12.8 Å². The summed E-state index contributed by atoms with van der Waals surface area (Å²) in [7, 11) is 0. The summed E-state index contributed by atoms with van der Waals surface area (Å²) in [6.45, 7) is 0.282. The van der Waals surface area contributed by atoms with E-state index < -0.39 is 5.91 Å². The van der Waals surface area contributed by atoms with Crippen molar-refractivity contribution >= 4 is 16.8 Å². The maximum atomic E-state index is 11.0. The van der Waals surface area contributed by atoms with Crippen molar-refractivity contribution in [1.82, 2.24) is 4.98 Å². The molecule has 1 amide bonds. The molecule has 4 N–H and O–H groups in total. The normalized spacial score (nSPS) is 13.7. The Hall–Kier alpha value is -2.92. The molecule has 0 bridgehead atoms. The van der Waals surface area contributed by atoms with E-state index >= 15 is 0 Å². The fourth-order valence-electron chi connectivity index (χ4n) is 3.50. The third kappa shape index (κ3) is 3.78. The monoisotopic (exact) mass is 361 g/mol. The van der Waals surface area contributed by atoms with Crippen LogP contribution in [0, 0.1) is 5.92 Å². The van der Waals surface area contributed by atoms with E-state index in [1.807, 2.05) is 36.4 Å². The largest absolute Gasteiger partial charge is 0.484 e. The summed E-state index contributed by atoms with van der Waals surface area (Å²) in [5, 5.41) is 0.975. The molecule has 1 aliphatic carbocycles. The summed E-state index contributed by atoms with van der Waals surface area (Å²) >= 11 is 0. The number of rotatable bonds is 7. The molecule has 2 aromatic carbocycles. The number of carbonyl (C=O) groups excluding carboxylic acids is 1. The van der Waals surface area contributed by atoms with Gasteiger partial charge < -0.3 is 16.2 Å². The number of ether oxygens (including phenoxy) is 1. The number of fused-ring (bicyclic) bond motifs is 1. The summed E-state index contributed by atoms with van der Waals surface area (Å²) in [6.07, 6.45) is 3.51. The number of nitrogens with two attached hydrogens (primary N) is 2. The van der Waals surface area contributed by atoms with Crippen LogP contribution in [0.15, 0.2) is 48.5 Å². The summed E-state index contributed by atoms with van der Waals surface area (Å²) in [5.41, 5.74) is 16.7. The van der Waals surface area contributed by atoms with E-state index in [9.17, 15) is 4.79 Å². The Morgan fingerprint density at radius 2 is 1.93 bits per heavy atom. The second-order valence-corrected chi connectivity index (χ2v) is 7.06. The quantitative estimate of drug-likeness (QED) is 0.676. The third-order valence-corrected chi connectivity index (χ3v) is 4.97. The molecule has 27 heavy (non-hydrogen) atoms. The lowest BCUT2D eigenvalue weighted by molar-refractivity contribution is -0.119. The number of pyridine rings is 1. The van der Waals surface area contributed by atoms with Crippen molar-refractivity contribution < 1.29 is 9.53 Å². The van der Waals surface area contributed by atoms with Crippen LogP contribution in [-0.2, 0) is 17.8 Å². The fraction of sp³-hybridized carbons (Fsp3) is 0.273. The van der Waals surface area contributed by atoms with Crippen molar-refractivity contribution in [1.29, 1.82) is 0 Å². The van der Waals surface area contributed by atoms with Crippen LogP contribution in [0.4, 0.5) is 0 Å². The van der Waals surface area contributed by atoms with Crippen LogP contribution in [0.1, 0.15) is 24.1 Å². The van der Waals surface area contributed by atoms with Gasteiger partial charge in [0.1, 0.15) is 5.75 Å². The maximum absolute atomic E-state index is 11.0. The van der Waals surface area contributed by atoms with Crippen LogP contribution >= 0.6 is 0 Å². The van der Waals surface area contributed by atoms with Crippen LogP contribution in [0.2, 0.25) is 0 Å². The molecule has 4 rings (SSSR count). The topological polar surface area (TPSA) is 91.2 Å². The Morgan fingerprint density at radius 1 is 1.15 bits per heavy atom. The van der Waals surface area contributed by atoms with Crippen molar-refractivity contribution in [2.45, 2.75) is 25.8 Å². The highest BCUT2D eigenvalue weighted by Gasteiger charge is 2.25.